The van der Waals surface area contributed by atoms with E-state index < -0.39 is 5.97 Å². The number of rotatable bonds is 4. The van der Waals surface area contributed by atoms with Crippen LogP contribution in [0.1, 0.15) is 17.1 Å². The van der Waals surface area contributed by atoms with Crippen LogP contribution < -0.4 is 0 Å². The number of carboxylic acids is 1. The normalized spacial score (nSPS) is 11.2. The Balaban J connectivity index is 2.23. The third-order valence-corrected chi connectivity index (χ3v) is 3.33. The topological polar surface area (TPSA) is 55.1 Å². The summed E-state index contributed by atoms with van der Waals surface area (Å²) in [5, 5.41) is 9.78. The fourth-order valence-corrected chi connectivity index (χ4v) is 2.23. The molecule has 1 N–H and O–H groups in total. The Morgan fingerprint density at radius 1 is 1.45 bits per heavy atom. The van der Waals surface area contributed by atoms with Crippen molar-refractivity contribution in [2.24, 2.45) is 0 Å². The van der Waals surface area contributed by atoms with Crippen molar-refractivity contribution in [3.63, 3.8) is 0 Å². The minimum atomic E-state index is -1.00. The van der Waals surface area contributed by atoms with Gasteiger partial charge in [-0.3, -0.25) is 0 Å². The highest BCUT2D eigenvalue weighted by atomic mass is 35.5. The van der Waals surface area contributed by atoms with E-state index in [-0.39, 0.29) is 0 Å². The van der Waals surface area contributed by atoms with Gasteiger partial charge in [-0.1, -0.05) is 29.3 Å². The number of nitrogens with zero attached hydrogens (tertiary/aromatic N) is 2. The highest BCUT2D eigenvalue weighted by Gasteiger charge is 2.06. The second-order valence-electron chi connectivity index (χ2n) is 4.25. The summed E-state index contributed by atoms with van der Waals surface area (Å²) >= 11 is 12.0. The molecule has 2 rings (SSSR count). The van der Waals surface area contributed by atoms with E-state index >= 15 is 0 Å². The van der Waals surface area contributed by atoms with Crippen LogP contribution in [0, 0.1) is 6.92 Å². The lowest BCUT2D eigenvalue weighted by atomic mass is 10.2. The van der Waals surface area contributed by atoms with Crippen molar-refractivity contribution < 1.29 is 9.90 Å². The van der Waals surface area contributed by atoms with Crippen molar-refractivity contribution >= 4 is 35.2 Å². The summed E-state index contributed by atoms with van der Waals surface area (Å²) < 4.78 is 1.90. The highest BCUT2D eigenvalue weighted by molar-refractivity contribution is 6.35. The summed E-state index contributed by atoms with van der Waals surface area (Å²) in [6.07, 6.45) is 4.29. The number of imidazole rings is 1. The molecule has 4 nitrogen and oxygen atoms in total. The molecule has 6 heteroatoms. The van der Waals surface area contributed by atoms with Gasteiger partial charge >= 0.3 is 5.97 Å². The van der Waals surface area contributed by atoms with Crippen LogP contribution in [0.15, 0.2) is 30.5 Å². The van der Waals surface area contributed by atoms with Crippen molar-refractivity contribution in [3.05, 3.63) is 57.6 Å². The molecule has 20 heavy (non-hydrogen) atoms. The Morgan fingerprint density at radius 3 is 2.85 bits per heavy atom. The van der Waals surface area contributed by atoms with Crippen molar-refractivity contribution in [2.45, 2.75) is 13.5 Å². The zero-order chi connectivity index (χ0) is 14.7. The second-order valence-corrected chi connectivity index (χ2v) is 5.09. The summed E-state index contributed by atoms with van der Waals surface area (Å²) in [4.78, 5) is 14.8. The van der Waals surface area contributed by atoms with Gasteiger partial charge in [-0.15, -0.1) is 0 Å². The molecule has 1 aromatic carbocycles. The van der Waals surface area contributed by atoms with Gasteiger partial charge in [0.2, 0.25) is 0 Å². The largest absolute Gasteiger partial charge is 0.478 e. The zero-order valence-electron chi connectivity index (χ0n) is 10.7. The molecule has 0 aliphatic rings. The van der Waals surface area contributed by atoms with Gasteiger partial charge in [-0.05, 0) is 30.7 Å². The van der Waals surface area contributed by atoms with Gasteiger partial charge in [0.15, 0.2) is 0 Å². The Hall–Kier alpha value is -1.78. The molecular formula is C14H12Cl2N2O2. The summed E-state index contributed by atoms with van der Waals surface area (Å²) in [6.45, 7) is 2.40. The van der Waals surface area contributed by atoms with Crippen LogP contribution in [0.2, 0.25) is 10.0 Å². The average Bonchev–Trinajstić information content (AvgIpc) is 2.71. The molecule has 0 spiro atoms. The minimum absolute atomic E-state index is 0.551. The van der Waals surface area contributed by atoms with Gasteiger partial charge in [0.25, 0.3) is 0 Å². The van der Waals surface area contributed by atoms with E-state index in [4.69, 9.17) is 28.3 Å². The Labute approximate surface area is 126 Å². The number of aromatic nitrogens is 2. The van der Waals surface area contributed by atoms with Crippen LogP contribution in [-0.4, -0.2) is 20.6 Å². The summed E-state index contributed by atoms with van der Waals surface area (Å²) in [6, 6.07) is 5.33. The predicted molar refractivity (Wildman–Crippen MR) is 79.2 cm³/mol. The first-order valence-corrected chi connectivity index (χ1v) is 6.60. The number of carboxylic acid groups (broad SMARTS) is 1. The number of aryl methyl sites for hydroxylation is 1. The van der Waals surface area contributed by atoms with Gasteiger partial charge in [0.1, 0.15) is 5.82 Å². The van der Waals surface area contributed by atoms with Crippen molar-refractivity contribution in [2.75, 3.05) is 0 Å². The molecule has 0 amide bonds. The number of carbonyl (C=O) groups is 1. The molecule has 0 bridgehead atoms. The molecule has 2 aromatic rings. The fourth-order valence-electron chi connectivity index (χ4n) is 1.76. The summed E-state index contributed by atoms with van der Waals surface area (Å²) in [7, 11) is 0. The van der Waals surface area contributed by atoms with E-state index in [0.29, 0.717) is 22.3 Å². The Bertz CT molecular complexity index is 678. The van der Waals surface area contributed by atoms with Gasteiger partial charge in [0, 0.05) is 22.3 Å². The van der Waals surface area contributed by atoms with Crippen LogP contribution in [0.25, 0.3) is 6.08 Å². The minimum Gasteiger partial charge on any atom is -0.478 e. The van der Waals surface area contributed by atoms with Crippen LogP contribution in [0.3, 0.4) is 0 Å². The van der Waals surface area contributed by atoms with E-state index in [9.17, 15) is 4.79 Å². The van der Waals surface area contributed by atoms with Crippen LogP contribution in [0.5, 0.6) is 0 Å². The zero-order valence-corrected chi connectivity index (χ0v) is 12.2. The van der Waals surface area contributed by atoms with E-state index in [1.54, 1.807) is 18.3 Å². The molecule has 0 aliphatic heterocycles. The van der Waals surface area contributed by atoms with Gasteiger partial charge in [-0.25, -0.2) is 9.78 Å². The van der Waals surface area contributed by atoms with Crippen LogP contribution in [-0.2, 0) is 11.3 Å². The standard InChI is InChI=1S/C14H12Cl2N2O2/c1-9-17-12(4-5-14(19)20)8-18(9)7-10-2-3-11(15)6-13(10)16/h2-6,8H,7H2,1H3,(H,19,20). The monoisotopic (exact) mass is 310 g/mol. The molecule has 0 unspecified atom stereocenters. The van der Waals surface area contributed by atoms with Crippen LogP contribution >= 0.6 is 23.2 Å². The smallest absolute Gasteiger partial charge is 0.328 e. The molecule has 0 radical (unpaired) electrons. The van der Waals surface area contributed by atoms with Gasteiger partial charge < -0.3 is 9.67 Å². The number of hydrogen-bond donors (Lipinski definition) is 1. The number of benzene rings is 1. The maximum atomic E-state index is 10.5. The Kier molecular flexibility index (Phi) is 4.47. The van der Waals surface area contributed by atoms with E-state index in [1.807, 2.05) is 17.6 Å². The molecule has 104 valence electrons. The third-order valence-electron chi connectivity index (χ3n) is 2.75. The fraction of sp³-hybridized carbons (Fsp3) is 0.143. The van der Waals surface area contributed by atoms with E-state index in [0.717, 1.165) is 17.5 Å². The van der Waals surface area contributed by atoms with Gasteiger partial charge in [-0.2, -0.15) is 0 Å². The molecule has 0 saturated carbocycles. The molecule has 0 aliphatic carbocycles. The lowest BCUT2D eigenvalue weighted by Crippen LogP contribution is -2.01. The third kappa shape index (κ3) is 3.62. The number of halogens is 2. The van der Waals surface area contributed by atoms with E-state index in [1.165, 1.54) is 6.08 Å². The lowest BCUT2D eigenvalue weighted by Gasteiger charge is -2.07. The Morgan fingerprint density at radius 2 is 2.20 bits per heavy atom. The highest BCUT2D eigenvalue weighted by Crippen LogP contribution is 2.22. The summed E-state index contributed by atoms with van der Waals surface area (Å²) in [5.41, 5.74) is 1.51. The first-order chi connectivity index (χ1) is 9.45. The van der Waals surface area contributed by atoms with E-state index in [2.05, 4.69) is 4.98 Å². The molecule has 0 fully saturated rings. The maximum absolute atomic E-state index is 10.5. The first kappa shape index (κ1) is 14.6. The number of aliphatic carboxylic acids is 1. The van der Waals surface area contributed by atoms with Crippen molar-refractivity contribution in [1.82, 2.24) is 9.55 Å². The first-order valence-electron chi connectivity index (χ1n) is 5.84. The van der Waals surface area contributed by atoms with Crippen molar-refractivity contribution in [1.29, 1.82) is 0 Å². The molecule has 0 atom stereocenters. The molecule has 1 heterocycles. The van der Waals surface area contributed by atoms with Crippen molar-refractivity contribution in [3.8, 4) is 0 Å². The number of hydrogen-bond acceptors (Lipinski definition) is 2. The average molecular weight is 311 g/mol. The predicted octanol–water partition coefficient (Wildman–Crippen LogP) is 3.64. The van der Waals surface area contributed by atoms with Gasteiger partial charge in [0.05, 0.1) is 12.2 Å². The lowest BCUT2D eigenvalue weighted by molar-refractivity contribution is -0.131. The maximum Gasteiger partial charge on any atom is 0.328 e. The SMILES string of the molecule is Cc1nc(C=CC(=O)O)cn1Cc1ccc(Cl)cc1Cl. The quantitative estimate of drug-likeness (QED) is 0.877. The molecule has 1 aromatic heterocycles. The molecular weight excluding hydrogens is 299 g/mol. The molecule has 0 saturated heterocycles. The second kappa shape index (κ2) is 6.11. The summed E-state index contributed by atoms with van der Waals surface area (Å²) in [5.74, 6) is -0.223. The van der Waals surface area contributed by atoms with Crippen LogP contribution in [0.4, 0.5) is 0 Å².